The Morgan fingerprint density at radius 2 is 2.00 bits per heavy atom. The maximum Gasteiger partial charge on any atom is 0.333 e. The summed E-state index contributed by atoms with van der Waals surface area (Å²) in [6.07, 6.45) is 3.48. The maximum absolute atomic E-state index is 12.0. The number of hydrogen-bond donors (Lipinski definition) is 2. The molecule has 0 aromatic rings. The molecule has 22 heavy (non-hydrogen) atoms. The molecule has 6 nitrogen and oxygen atoms in total. The number of hydrogen-bond acceptors (Lipinski definition) is 5. The highest BCUT2D eigenvalue weighted by molar-refractivity contribution is 5.89. The molecule has 1 amide bonds. The van der Waals surface area contributed by atoms with Gasteiger partial charge in [0.1, 0.15) is 0 Å². The lowest BCUT2D eigenvalue weighted by Crippen LogP contribution is -2.57. The summed E-state index contributed by atoms with van der Waals surface area (Å²) in [5.41, 5.74) is 6.68. The Kier molecular flexibility index (Phi) is 7.55. The summed E-state index contributed by atoms with van der Waals surface area (Å²) >= 11 is 0. The Bertz CT molecular complexity index is 418. The van der Waals surface area contributed by atoms with E-state index in [4.69, 9.17) is 15.2 Å². The molecule has 1 aliphatic rings. The van der Waals surface area contributed by atoms with E-state index in [1.54, 1.807) is 13.0 Å². The van der Waals surface area contributed by atoms with Gasteiger partial charge in [-0.3, -0.25) is 4.79 Å². The first-order chi connectivity index (χ1) is 10.4. The van der Waals surface area contributed by atoms with Gasteiger partial charge in [0.2, 0.25) is 5.91 Å². The van der Waals surface area contributed by atoms with Gasteiger partial charge < -0.3 is 20.5 Å². The Morgan fingerprint density at radius 1 is 1.36 bits per heavy atom. The van der Waals surface area contributed by atoms with Crippen LogP contribution in [0.2, 0.25) is 0 Å². The van der Waals surface area contributed by atoms with Gasteiger partial charge in [-0.1, -0.05) is 13.8 Å². The molecule has 1 aliphatic carbocycles. The average molecular weight is 312 g/mol. The fraction of sp³-hybridized carbons (Fsp3) is 0.750. The third-order valence-electron chi connectivity index (χ3n) is 3.80. The quantitative estimate of drug-likeness (QED) is 0.691. The van der Waals surface area contributed by atoms with Crippen LogP contribution in [0, 0.1) is 0 Å². The van der Waals surface area contributed by atoms with Crippen LogP contribution in [0.1, 0.15) is 47.0 Å². The lowest BCUT2D eigenvalue weighted by atomic mass is 9.88. The first-order valence-corrected chi connectivity index (χ1v) is 7.98. The van der Waals surface area contributed by atoms with Crippen molar-refractivity contribution in [2.75, 3.05) is 6.61 Å². The summed E-state index contributed by atoms with van der Waals surface area (Å²) in [7, 11) is 0. The van der Waals surface area contributed by atoms with Gasteiger partial charge in [-0.05, 0) is 32.3 Å². The minimum absolute atomic E-state index is 0.0613. The van der Waals surface area contributed by atoms with Gasteiger partial charge in [0.15, 0.2) is 0 Å². The van der Waals surface area contributed by atoms with Crippen molar-refractivity contribution in [2.45, 2.75) is 71.2 Å². The molecule has 0 spiro atoms. The third-order valence-corrected chi connectivity index (χ3v) is 3.80. The number of carbonyl (C=O) groups excluding carboxylic acids is 2. The Hall–Kier alpha value is -1.40. The molecule has 3 atom stereocenters. The van der Waals surface area contributed by atoms with E-state index in [1.807, 2.05) is 13.8 Å². The largest absolute Gasteiger partial charge is 0.463 e. The zero-order valence-electron chi connectivity index (χ0n) is 13.9. The van der Waals surface area contributed by atoms with Gasteiger partial charge in [0.05, 0.1) is 24.9 Å². The van der Waals surface area contributed by atoms with Gasteiger partial charge in [-0.2, -0.15) is 0 Å². The molecule has 0 aliphatic heterocycles. The molecular weight excluding hydrogens is 284 g/mol. The van der Waals surface area contributed by atoms with Gasteiger partial charge in [0.25, 0.3) is 0 Å². The normalized spacial score (nSPS) is 24.8. The number of carbonyl (C=O) groups is 2. The smallest absolute Gasteiger partial charge is 0.333 e. The van der Waals surface area contributed by atoms with Gasteiger partial charge in [-0.15, -0.1) is 0 Å². The van der Waals surface area contributed by atoms with E-state index >= 15 is 0 Å². The van der Waals surface area contributed by atoms with E-state index in [0.29, 0.717) is 18.6 Å². The molecule has 0 radical (unpaired) electrons. The van der Waals surface area contributed by atoms with Crippen LogP contribution in [0.25, 0.3) is 0 Å². The van der Waals surface area contributed by atoms with Crippen LogP contribution >= 0.6 is 0 Å². The van der Waals surface area contributed by atoms with Crippen LogP contribution in [0.5, 0.6) is 0 Å². The minimum atomic E-state index is -0.419. The van der Waals surface area contributed by atoms with E-state index in [1.165, 1.54) is 6.92 Å². The van der Waals surface area contributed by atoms with Crippen LogP contribution in [0.3, 0.4) is 0 Å². The van der Waals surface area contributed by atoms with E-state index in [9.17, 15) is 9.59 Å². The van der Waals surface area contributed by atoms with E-state index in [-0.39, 0.29) is 30.1 Å². The highest BCUT2D eigenvalue weighted by atomic mass is 16.5. The number of rotatable bonds is 7. The molecule has 1 unspecified atom stereocenters. The Labute approximate surface area is 132 Å². The molecule has 0 aromatic heterocycles. The van der Waals surface area contributed by atoms with Crippen molar-refractivity contribution in [3.63, 3.8) is 0 Å². The van der Waals surface area contributed by atoms with Crippen molar-refractivity contribution in [3.8, 4) is 0 Å². The molecule has 0 saturated carbocycles. The standard InChI is InChI=1S/C16H28N2O4/c1-5-12(6-2)22-14-9-11(16(20)21-7-3)8-13(17)15(14)18-10(4)19/h9,12-15H,5-8,17H2,1-4H3,(H,18,19)/t13-,14?,15+/m0/s1. The Morgan fingerprint density at radius 3 is 2.50 bits per heavy atom. The summed E-state index contributed by atoms with van der Waals surface area (Å²) in [6.45, 7) is 7.62. The second kappa shape index (κ2) is 8.90. The lowest BCUT2D eigenvalue weighted by Gasteiger charge is -2.36. The van der Waals surface area contributed by atoms with Gasteiger partial charge in [-0.25, -0.2) is 4.79 Å². The van der Waals surface area contributed by atoms with Crippen molar-refractivity contribution in [2.24, 2.45) is 5.73 Å². The first kappa shape index (κ1) is 18.6. The van der Waals surface area contributed by atoms with Gasteiger partial charge >= 0.3 is 5.97 Å². The predicted molar refractivity (Wildman–Crippen MR) is 84.2 cm³/mol. The molecule has 0 saturated heterocycles. The molecule has 0 bridgehead atoms. The fourth-order valence-corrected chi connectivity index (χ4v) is 2.62. The monoisotopic (exact) mass is 312 g/mol. The highest BCUT2D eigenvalue weighted by Crippen LogP contribution is 2.24. The lowest BCUT2D eigenvalue weighted by molar-refractivity contribution is -0.139. The predicted octanol–water partition coefficient (Wildman–Crippen LogP) is 1.29. The SMILES string of the molecule is CCOC(=O)C1=CC(OC(CC)CC)[C@H](NC(C)=O)[C@@H](N)C1. The van der Waals surface area contributed by atoms with Crippen LogP contribution in [0.4, 0.5) is 0 Å². The van der Waals surface area contributed by atoms with Crippen molar-refractivity contribution in [3.05, 3.63) is 11.6 Å². The van der Waals surface area contributed by atoms with E-state index < -0.39 is 6.10 Å². The summed E-state index contributed by atoms with van der Waals surface area (Å²) in [4.78, 5) is 23.4. The van der Waals surface area contributed by atoms with Crippen molar-refractivity contribution in [1.29, 1.82) is 0 Å². The van der Waals surface area contributed by atoms with E-state index in [2.05, 4.69) is 5.32 Å². The average Bonchev–Trinajstić information content (AvgIpc) is 2.47. The number of esters is 1. The number of nitrogens with one attached hydrogen (secondary N) is 1. The summed E-state index contributed by atoms with van der Waals surface area (Å²) in [6, 6.07) is -0.719. The minimum Gasteiger partial charge on any atom is -0.463 e. The molecule has 1 rings (SSSR count). The topological polar surface area (TPSA) is 90.6 Å². The molecule has 3 N–H and O–H groups in total. The van der Waals surface area contributed by atoms with Crippen molar-refractivity contribution in [1.82, 2.24) is 5.32 Å². The fourth-order valence-electron chi connectivity index (χ4n) is 2.62. The summed E-state index contributed by atoms with van der Waals surface area (Å²) in [5.74, 6) is -0.524. The number of amides is 1. The zero-order chi connectivity index (χ0) is 16.7. The summed E-state index contributed by atoms with van der Waals surface area (Å²) < 4.78 is 11.1. The molecule has 126 valence electrons. The van der Waals surface area contributed by atoms with Gasteiger partial charge in [0, 0.05) is 18.5 Å². The second-order valence-electron chi connectivity index (χ2n) is 5.55. The molecule has 0 fully saturated rings. The first-order valence-electron chi connectivity index (χ1n) is 7.98. The van der Waals surface area contributed by atoms with Crippen LogP contribution in [-0.4, -0.2) is 42.8 Å². The summed E-state index contributed by atoms with van der Waals surface area (Å²) in [5, 5.41) is 2.84. The molecule has 0 aromatic carbocycles. The molecular formula is C16H28N2O4. The van der Waals surface area contributed by atoms with E-state index in [0.717, 1.165) is 12.8 Å². The van der Waals surface area contributed by atoms with Crippen LogP contribution in [-0.2, 0) is 19.1 Å². The van der Waals surface area contributed by atoms with Crippen LogP contribution in [0.15, 0.2) is 11.6 Å². The molecule has 6 heteroatoms. The maximum atomic E-state index is 12.0. The molecule has 0 heterocycles. The Balaban J connectivity index is 2.98. The van der Waals surface area contributed by atoms with Crippen molar-refractivity contribution >= 4 is 11.9 Å². The second-order valence-corrected chi connectivity index (χ2v) is 5.55. The third kappa shape index (κ3) is 5.10. The van der Waals surface area contributed by atoms with Crippen LogP contribution < -0.4 is 11.1 Å². The number of nitrogens with two attached hydrogens (primary N) is 1. The highest BCUT2D eigenvalue weighted by Gasteiger charge is 2.35. The van der Waals surface area contributed by atoms with Crippen molar-refractivity contribution < 1.29 is 19.1 Å². The number of ether oxygens (including phenoxy) is 2. The zero-order valence-corrected chi connectivity index (χ0v) is 13.9.